The van der Waals surface area contributed by atoms with E-state index in [0.29, 0.717) is 5.91 Å². The van der Waals surface area contributed by atoms with Crippen LogP contribution in [-0.2, 0) is 11.3 Å². The molecule has 1 aromatic heterocycles. The molecule has 0 radical (unpaired) electrons. The lowest BCUT2D eigenvalue weighted by atomic mass is 9.92. The van der Waals surface area contributed by atoms with E-state index in [4.69, 9.17) is 4.52 Å². The average Bonchev–Trinajstić information content (AvgIpc) is 3.17. The van der Waals surface area contributed by atoms with Gasteiger partial charge in [0.05, 0.1) is 17.8 Å². The van der Waals surface area contributed by atoms with E-state index < -0.39 is 0 Å². The van der Waals surface area contributed by atoms with Crippen molar-refractivity contribution in [1.29, 1.82) is 0 Å². The highest BCUT2D eigenvalue weighted by Gasteiger charge is 2.42. The Balaban J connectivity index is 0.00000144. The zero-order valence-corrected chi connectivity index (χ0v) is 16.0. The van der Waals surface area contributed by atoms with E-state index in [9.17, 15) is 4.79 Å². The molecule has 0 saturated carbocycles. The molecule has 3 rings (SSSR count). The Bertz CT molecular complexity index is 524. The lowest BCUT2D eigenvalue weighted by Gasteiger charge is -2.39. The highest BCUT2D eigenvalue weighted by Crippen LogP contribution is 2.26. The van der Waals surface area contributed by atoms with Gasteiger partial charge < -0.3 is 14.7 Å². The van der Waals surface area contributed by atoms with Gasteiger partial charge >= 0.3 is 0 Å². The maximum absolute atomic E-state index is 12.8. The molecule has 2 fully saturated rings. The van der Waals surface area contributed by atoms with Crippen LogP contribution in [-0.4, -0.2) is 59.1 Å². The summed E-state index contributed by atoms with van der Waals surface area (Å²) < 4.78 is 5.27. The van der Waals surface area contributed by atoms with Crippen LogP contribution in [0.25, 0.3) is 0 Å². The van der Waals surface area contributed by atoms with Crippen molar-refractivity contribution < 1.29 is 9.32 Å². The Morgan fingerprint density at radius 2 is 2.04 bits per heavy atom. The van der Waals surface area contributed by atoms with E-state index in [0.717, 1.165) is 70.0 Å². The second kappa shape index (κ2) is 9.04. The number of aryl methyl sites for hydroxylation is 1. The molecular formula is C16H28Cl2N4O2. The fourth-order valence-corrected chi connectivity index (χ4v) is 3.56. The number of nitrogens with one attached hydrogen (secondary N) is 1. The smallest absolute Gasteiger partial charge is 0.242 e. The maximum atomic E-state index is 12.8. The van der Waals surface area contributed by atoms with E-state index in [1.54, 1.807) is 0 Å². The van der Waals surface area contributed by atoms with Crippen molar-refractivity contribution in [3.8, 4) is 0 Å². The largest absolute Gasteiger partial charge is 0.360 e. The van der Waals surface area contributed by atoms with E-state index in [2.05, 4.69) is 22.3 Å². The van der Waals surface area contributed by atoms with Gasteiger partial charge in [-0.2, -0.15) is 0 Å². The van der Waals surface area contributed by atoms with Gasteiger partial charge in [-0.05, 0) is 32.7 Å². The molecule has 0 aliphatic carbocycles. The summed E-state index contributed by atoms with van der Waals surface area (Å²) >= 11 is 0. The third-order valence-electron chi connectivity index (χ3n) is 4.97. The van der Waals surface area contributed by atoms with Crippen LogP contribution >= 0.6 is 24.8 Å². The van der Waals surface area contributed by atoms with Crippen LogP contribution in [0.1, 0.15) is 37.6 Å². The molecule has 1 N–H and O–H groups in total. The fourth-order valence-electron chi connectivity index (χ4n) is 3.56. The molecule has 24 heavy (non-hydrogen) atoms. The third-order valence-corrected chi connectivity index (χ3v) is 4.97. The number of piperazine rings is 1. The van der Waals surface area contributed by atoms with Crippen LogP contribution in [0.3, 0.4) is 0 Å². The predicted octanol–water partition coefficient (Wildman–Crippen LogP) is 2.00. The second-order valence-electron chi connectivity index (χ2n) is 6.47. The first-order valence-electron chi connectivity index (χ1n) is 8.32. The van der Waals surface area contributed by atoms with Crippen LogP contribution < -0.4 is 5.32 Å². The van der Waals surface area contributed by atoms with E-state index in [1.165, 1.54) is 0 Å². The minimum absolute atomic E-state index is 0. The molecule has 1 aromatic rings. The molecule has 2 aliphatic heterocycles. The first-order chi connectivity index (χ1) is 10.6. The first kappa shape index (κ1) is 21.2. The molecule has 8 heteroatoms. The van der Waals surface area contributed by atoms with Crippen molar-refractivity contribution in [1.82, 2.24) is 20.3 Å². The normalized spacial score (nSPS) is 24.3. The van der Waals surface area contributed by atoms with Crippen molar-refractivity contribution in [2.45, 2.75) is 45.2 Å². The summed E-state index contributed by atoms with van der Waals surface area (Å²) in [6.45, 7) is 9.17. The van der Waals surface area contributed by atoms with Gasteiger partial charge in [-0.3, -0.25) is 9.69 Å². The Morgan fingerprint density at radius 3 is 2.54 bits per heavy atom. The summed E-state index contributed by atoms with van der Waals surface area (Å²) in [5.41, 5.74) is 0.616. The van der Waals surface area contributed by atoms with E-state index in [1.807, 2.05) is 17.9 Å². The van der Waals surface area contributed by atoms with E-state index >= 15 is 0 Å². The summed E-state index contributed by atoms with van der Waals surface area (Å²) in [4.78, 5) is 17.2. The number of carbonyl (C=O) groups is 1. The third kappa shape index (κ3) is 4.42. The standard InChI is InChI=1S/C16H26N4O2.2ClH/c1-3-16(5-4-6-17-16)15(21)20-9-7-19(8-10-20)12-14-11-13(2)18-22-14;;/h11,17H,3-10,12H2,1-2H3;2*1H. The van der Waals surface area contributed by atoms with Gasteiger partial charge in [0.25, 0.3) is 0 Å². The SMILES string of the molecule is CCC1(C(=O)N2CCN(Cc3cc(C)no3)CC2)CCCN1.Cl.Cl. The Morgan fingerprint density at radius 1 is 1.33 bits per heavy atom. The fraction of sp³-hybridized carbons (Fsp3) is 0.750. The minimum Gasteiger partial charge on any atom is -0.360 e. The predicted molar refractivity (Wildman–Crippen MR) is 97.9 cm³/mol. The van der Waals surface area contributed by atoms with E-state index in [-0.39, 0.29) is 30.4 Å². The molecular weight excluding hydrogens is 351 g/mol. The van der Waals surface area contributed by atoms with Crippen molar-refractivity contribution >= 4 is 30.7 Å². The van der Waals surface area contributed by atoms with Gasteiger partial charge in [-0.15, -0.1) is 24.8 Å². The number of hydrogen-bond acceptors (Lipinski definition) is 5. The van der Waals surface area contributed by atoms with Gasteiger partial charge in [-0.25, -0.2) is 0 Å². The van der Waals surface area contributed by atoms with Crippen LogP contribution in [0.2, 0.25) is 0 Å². The summed E-state index contributed by atoms with van der Waals surface area (Å²) in [7, 11) is 0. The molecule has 3 heterocycles. The number of halogens is 2. The number of amides is 1. The van der Waals surface area contributed by atoms with Crippen LogP contribution in [0.4, 0.5) is 0 Å². The molecule has 1 unspecified atom stereocenters. The minimum atomic E-state index is -0.301. The van der Waals surface area contributed by atoms with Gasteiger partial charge in [0, 0.05) is 32.2 Å². The number of rotatable bonds is 4. The van der Waals surface area contributed by atoms with Crippen molar-refractivity contribution in [2.75, 3.05) is 32.7 Å². The molecule has 0 spiro atoms. The Kier molecular flexibility index (Phi) is 7.99. The number of carbonyl (C=O) groups excluding carboxylic acids is 1. The highest BCUT2D eigenvalue weighted by molar-refractivity contribution is 5.87. The lowest BCUT2D eigenvalue weighted by molar-refractivity contribution is -0.140. The quantitative estimate of drug-likeness (QED) is 0.867. The van der Waals surface area contributed by atoms with Crippen molar-refractivity contribution in [2.24, 2.45) is 0 Å². The number of hydrogen-bond donors (Lipinski definition) is 1. The van der Waals surface area contributed by atoms with Gasteiger partial charge in [0.15, 0.2) is 5.76 Å². The lowest BCUT2D eigenvalue weighted by Crippen LogP contribution is -2.58. The molecule has 1 atom stereocenters. The molecule has 0 aromatic carbocycles. The van der Waals surface area contributed by atoms with Crippen molar-refractivity contribution in [3.05, 3.63) is 17.5 Å². The Labute approximate surface area is 156 Å². The summed E-state index contributed by atoms with van der Waals surface area (Å²) in [5, 5.41) is 7.37. The van der Waals surface area contributed by atoms with Gasteiger partial charge in [0.1, 0.15) is 0 Å². The van der Waals surface area contributed by atoms with Crippen LogP contribution in [0.5, 0.6) is 0 Å². The average molecular weight is 379 g/mol. The van der Waals surface area contributed by atoms with Crippen molar-refractivity contribution in [3.63, 3.8) is 0 Å². The van der Waals surface area contributed by atoms with Crippen LogP contribution in [0.15, 0.2) is 10.6 Å². The number of aromatic nitrogens is 1. The van der Waals surface area contributed by atoms with Gasteiger partial charge in [-0.1, -0.05) is 12.1 Å². The monoisotopic (exact) mass is 378 g/mol. The zero-order chi connectivity index (χ0) is 15.6. The zero-order valence-electron chi connectivity index (χ0n) is 14.4. The molecule has 6 nitrogen and oxygen atoms in total. The highest BCUT2D eigenvalue weighted by atomic mass is 35.5. The summed E-state index contributed by atoms with van der Waals surface area (Å²) in [5.74, 6) is 1.20. The summed E-state index contributed by atoms with van der Waals surface area (Å²) in [6, 6.07) is 1.98. The molecule has 2 saturated heterocycles. The number of nitrogens with zero attached hydrogens (tertiary/aromatic N) is 3. The first-order valence-corrected chi connectivity index (χ1v) is 8.32. The van der Waals surface area contributed by atoms with Gasteiger partial charge in [0.2, 0.25) is 5.91 Å². The topological polar surface area (TPSA) is 61.6 Å². The second-order valence-corrected chi connectivity index (χ2v) is 6.47. The summed E-state index contributed by atoms with van der Waals surface area (Å²) in [6.07, 6.45) is 2.95. The van der Waals surface area contributed by atoms with Crippen LogP contribution in [0, 0.1) is 6.92 Å². The molecule has 1 amide bonds. The molecule has 138 valence electrons. The Hall–Kier alpha value is -0.820. The maximum Gasteiger partial charge on any atom is 0.242 e. The molecule has 2 aliphatic rings. The molecule has 0 bridgehead atoms.